The summed E-state index contributed by atoms with van der Waals surface area (Å²) in [5, 5.41) is 7.40. The fourth-order valence-electron chi connectivity index (χ4n) is 1.25. The van der Waals surface area contributed by atoms with Crippen LogP contribution in [0.2, 0.25) is 0 Å². The van der Waals surface area contributed by atoms with E-state index in [0.717, 1.165) is 11.5 Å². The Bertz CT molecular complexity index is 431. The Hall–Kier alpha value is -2.04. The molecule has 0 aromatic carbocycles. The van der Waals surface area contributed by atoms with Gasteiger partial charge in [-0.15, -0.1) is 0 Å². The van der Waals surface area contributed by atoms with Crippen molar-refractivity contribution in [2.45, 2.75) is 6.54 Å². The molecule has 0 fully saturated rings. The molecule has 15 heavy (non-hydrogen) atoms. The first-order valence-corrected chi connectivity index (χ1v) is 4.68. The van der Waals surface area contributed by atoms with Gasteiger partial charge >= 0.3 is 0 Å². The van der Waals surface area contributed by atoms with Gasteiger partial charge in [0.25, 0.3) is 0 Å². The van der Waals surface area contributed by atoms with Crippen molar-refractivity contribution in [3.8, 4) is 0 Å². The maximum atomic E-state index is 5.53. The molecule has 0 saturated heterocycles. The molecule has 0 aliphatic heterocycles. The number of nitrogens with two attached hydrogens (primary N) is 1. The number of hydrogen-bond acceptors (Lipinski definition) is 4. The number of nitrogens with one attached hydrogen (secondary N) is 1. The van der Waals surface area contributed by atoms with Crippen LogP contribution in [-0.4, -0.2) is 14.8 Å². The lowest BCUT2D eigenvalue weighted by Gasteiger charge is -2.02. The average Bonchev–Trinajstić information content (AvgIpc) is 2.64. The Kier molecular flexibility index (Phi) is 2.53. The molecule has 0 unspecified atom stereocenters. The van der Waals surface area contributed by atoms with Gasteiger partial charge in [0.1, 0.15) is 5.82 Å². The minimum absolute atomic E-state index is 0.664. The molecule has 0 saturated carbocycles. The molecule has 2 rings (SSSR count). The van der Waals surface area contributed by atoms with Crippen molar-refractivity contribution in [2.24, 2.45) is 7.05 Å². The Morgan fingerprint density at radius 3 is 2.87 bits per heavy atom. The van der Waals surface area contributed by atoms with Crippen molar-refractivity contribution in [2.75, 3.05) is 11.1 Å². The van der Waals surface area contributed by atoms with Crippen LogP contribution in [0, 0.1) is 0 Å². The number of pyridine rings is 1. The van der Waals surface area contributed by atoms with Crippen molar-refractivity contribution in [3.05, 3.63) is 36.3 Å². The zero-order valence-electron chi connectivity index (χ0n) is 8.51. The summed E-state index contributed by atoms with van der Waals surface area (Å²) in [7, 11) is 1.89. The van der Waals surface area contributed by atoms with Gasteiger partial charge in [-0.3, -0.25) is 4.68 Å². The topological polar surface area (TPSA) is 68.8 Å². The first kappa shape index (κ1) is 9.51. The molecule has 0 bridgehead atoms. The Morgan fingerprint density at radius 1 is 1.40 bits per heavy atom. The molecule has 2 heterocycles. The summed E-state index contributed by atoms with van der Waals surface area (Å²) in [6.45, 7) is 0.664. The minimum Gasteiger partial charge on any atom is -0.397 e. The third-order valence-electron chi connectivity index (χ3n) is 2.01. The van der Waals surface area contributed by atoms with Crippen LogP contribution >= 0.6 is 0 Å². The molecular formula is C10H13N5. The molecule has 2 aromatic heterocycles. The molecule has 0 spiro atoms. The summed E-state index contributed by atoms with van der Waals surface area (Å²) in [6, 6.07) is 5.62. The second-order valence-electron chi connectivity index (χ2n) is 3.31. The maximum absolute atomic E-state index is 5.53. The van der Waals surface area contributed by atoms with E-state index >= 15 is 0 Å². The number of rotatable bonds is 3. The third kappa shape index (κ3) is 2.46. The van der Waals surface area contributed by atoms with Crippen molar-refractivity contribution in [1.29, 1.82) is 0 Å². The predicted octanol–water partition coefficient (Wildman–Crippen LogP) is 1.01. The fourth-order valence-corrected chi connectivity index (χ4v) is 1.25. The highest BCUT2D eigenvalue weighted by atomic mass is 15.3. The molecule has 5 nitrogen and oxygen atoms in total. The summed E-state index contributed by atoms with van der Waals surface area (Å²) in [4.78, 5) is 4.13. The highest BCUT2D eigenvalue weighted by Gasteiger charge is 1.97. The molecule has 0 aliphatic rings. The lowest BCUT2D eigenvalue weighted by molar-refractivity contribution is 0.747. The Balaban J connectivity index is 1.96. The highest BCUT2D eigenvalue weighted by Crippen LogP contribution is 2.07. The average molecular weight is 203 g/mol. The van der Waals surface area contributed by atoms with E-state index in [4.69, 9.17) is 5.73 Å². The SMILES string of the molecule is Cn1ccc(CNc2ccc(N)cn2)n1. The lowest BCUT2D eigenvalue weighted by atomic mass is 10.4. The Morgan fingerprint density at radius 2 is 2.27 bits per heavy atom. The van der Waals surface area contributed by atoms with Gasteiger partial charge in [-0.1, -0.05) is 0 Å². The second-order valence-corrected chi connectivity index (χ2v) is 3.31. The van der Waals surface area contributed by atoms with Crippen LogP contribution < -0.4 is 11.1 Å². The van der Waals surface area contributed by atoms with Gasteiger partial charge in [0, 0.05) is 13.2 Å². The Labute approximate surface area is 87.9 Å². The zero-order valence-corrected chi connectivity index (χ0v) is 8.51. The van der Waals surface area contributed by atoms with Gasteiger partial charge in [-0.25, -0.2) is 4.98 Å². The van der Waals surface area contributed by atoms with Gasteiger partial charge in [-0.05, 0) is 18.2 Å². The molecule has 0 amide bonds. The van der Waals surface area contributed by atoms with Crippen molar-refractivity contribution >= 4 is 11.5 Å². The van der Waals surface area contributed by atoms with Gasteiger partial charge in [0.05, 0.1) is 24.1 Å². The maximum Gasteiger partial charge on any atom is 0.126 e. The van der Waals surface area contributed by atoms with Crippen LogP contribution in [0.4, 0.5) is 11.5 Å². The van der Waals surface area contributed by atoms with Crippen molar-refractivity contribution in [1.82, 2.24) is 14.8 Å². The van der Waals surface area contributed by atoms with E-state index in [9.17, 15) is 0 Å². The quantitative estimate of drug-likeness (QED) is 0.781. The predicted molar refractivity (Wildman–Crippen MR) is 59.2 cm³/mol. The summed E-state index contributed by atoms with van der Waals surface area (Å²) in [5.74, 6) is 0.801. The van der Waals surface area contributed by atoms with E-state index in [1.807, 2.05) is 31.4 Å². The minimum atomic E-state index is 0.664. The highest BCUT2D eigenvalue weighted by molar-refractivity contribution is 5.43. The van der Waals surface area contributed by atoms with Crippen LogP contribution in [0.5, 0.6) is 0 Å². The van der Waals surface area contributed by atoms with Crippen LogP contribution in [0.25, 0.3) is 0 Å². The second kappa shape index (κ2) is 4.00. The zero-order chi connectivity index (χ0) is 10.7. The largest absolute Gasteiger partial charge is 0.397 e. The van der Waals surface area contributed by atoms with Crippen LogP contribution in [0.1, 0.15) is 5.69 Å². The van der Waals surface area contributed by atoms with Gasteiger partial charge < -0.3 is 11.1 Å². The van der Waals surface area contributed by atoms with E-state index in [1.54, 1.807) is 10.9 Å². The van der Waals surface area contributed by atoms with Crippen molar-refractivity contribution in [3.63, 3.8) is 0 Å². The summed E-state index contributed by atoms with van der Waals surface area (Å²) >= 11 is 0. The first-order chi connectivity index (χ1) is 7.24. The van der Waals surface area contributed by atoms with E-state index in [0.29, 0.717) is 12.2 Å². The van der Waals surface area contributed by atoms with E-state index < -0.39 is 0 Å². The number of aromatic nitrogens is 3. The number of anilines is 2. The normalized spacial score (nSPS) is 10.2. The van der Waals surface area contributed by atoms with Crippen molar-refractivity contribution < 1.29 is 0 Å². The number of nitrogens with zero attached hydrogens (tertiary/aromatic N) is 3. The molecule has 0 aliphatic carbocycles. The van der Waals surface area contributed by atoms with E-state index in [-0.39, 0.29) is 0 Å². The number of hydrogen-bond donors (Lipinski definition) is 2. The molecular weight excluding hydrogens is 190 g/mol. The van der Waals surface area contributed by atoms with Gasteiger partial charge in [0.15, 0.2) is 0 Å². The van der Waals surface area contributed by atoms with Crippen LogP contribution in [0.3, 0.4) is 0 Å². The van der Waals surface area contributed by atoms with E-state index in [1.165, 1.54) is 0 Å². The van der Waals surface area contributed by atoms with Gasteiger partial charge in [-0.2, -0.15) is 5.10 Å². The third-order valence-corrected chi connectivity index (χ3v) is 2.01. The molecule has 2 aromatic rings. The molecule has 0 atom stereocenters. The van der Waals surface area contributed by atoms with E-state index in [2.05, 4.69) is 15.4 Å². The summed E-state index contributed by atoms with van der Waals surface area (Å²) in [5.41, 5.74) is 7.18. The smallest absolute Gasteiger partial charge is 0.126 e. The lowest BCUT2D eigenvalue weighted by Crippen LogP contribution is -2.02. The standard InChI is InChI=1S/C10H13N5/c1-15-5-4-9(14-15)7-13-10-3-2-8(11)6-12-10/h2-6H,7,11H2,1H3,(H,12,13). The monoisotopic (exact) mass is 203 g/mol. The first-order valence-electron chi connectivity index (χ1n) is 4.68. The van der Waals surface area contributed by atoms with Crippen LogP contribution in [0.15, 0.2) is 30.6 Å². The summed E-state index contributed by atoms with van der Waals surface area (Å²) in [6.07, 6.45) is 3.54. The molecule has 78 valence electrons. The molecule has 0 radical (unpaired) electrons. The number of aryl methyl sites for hydroxylation is 1. The molecule has 3 N–H and O–H groups in total. The fraction of sp³-hybridized carbons (Fsp3) is 0.200. The number of nitrogen functional groups attached to an aromatic ring is 1. The summed E-state index contributed by atoms with van der Waals surface area (Å²) < 4.78 is 1.77. The van der Waals surface area contributed by atoms with Gasteiger partial charge in [0.2, 0.25) is 0 Å². The molecule has 5 heteroatoms. The van der Waals surface area contributed by atoms with Crippen LogP contribution in [-0.2, 0) is 13.6 Å².